The summed E-state index contributed by atoms with van der Waals surface area (Å²) in [5.41, 5.74) is 0. The fraction of sp³-hybridized carbons (Fsp3) is 0.429. The topological polar surface area (TPSA) is 9.23 Å². The first kappa shape index (κ1) is 13.8. The second-order valence-corrected chi connectivity index (χ2v) is 4.05. The van der Waals surface area contributed by atoms with Crippen LogP contribution in [0.25, 0.3) is 0 Å². The van der Waals surface area contributed by atoms with Crippen molar-refractivity contribution >= 4 is 0 Å². The van der Waals surface area contributed by atoms with Crippen molar-refractivity contribution in [3.8, 4) is 0 Å². The molecule has 0 aliphatic rings. The van der Waals surface area contributed by atoms with Crippen LogP contribution in [0.4, 0.5) is 0 Å². The van der Waals surface area contributed by atoms with E-state index in [1.165, 1.54) is 0 Å². The summed E-state index contributed by atoms with van der Waals surface area (Å²) in [6.07, 6.45) is 15.3. The van der Waals surface area contributed by atoms with E-state index < -0.39 is 0 Å². The molecule has 0 aliphatic heterocycles. The number of rotatable bonds is 6. The van der Waals surface area contributed by atoms with Gasteiger partial charge in [-0.25, -0.2) is 0 Å². The number of ether oxygens (including phenoxy) is 1. The Labute approximate surface area is 93.8 Å². The number of allylic oxidation sites excluding steroid dienone is 6. The maximum Gasteiger partial charge on any atom is 0.0901 e. The van der Waals surface area contributed by atoms with Crippen LogP contribution in [-0.4, -0.2) is 0 Å². The van der Waals surface area contributed by atoms with Gasteiger partial charge in [0.05, 0.1) is 12.5 Å². The zero-order valence-corrected chi connectivity index (χ0v) is 10.2. The van der Waals surface area contributed by atoms with Gasteiger partial charge in [-0.2, -0.15) is 0 Å². The molecule has 0 aliphatic carbocycles. The minimum absolute atomic E-state index is 0.583. The maximum absolute atomic E-state index is 5.13. The second-order valence-electron chi connectivity index (χ2n) is 4.05. The summed E-state index contributed by atoms with van der Waals surface area (Å²) >= 11 is 0. The first-order valence-corrected chi connectivity index (χ1v) is 5.45. The molecule has 0 heterocycles. The summed E-state index contributed by atoms with van der Waals surface area (Å²) in [6.45, 7) is 8.56. The fourth-order valence-electron chi connectivity index (χ4n) is 0.800. The van der Waals surface area contributed by atoms with Gasteiger partial charge in [0, 0.05) is 0 Å². The SMILES string of the molecule is CC(C)C=CC=COC=CC=CC(C)C. The molecule has 84 valence electrons. The average Bonchev–Trinajstić information content (AvgIpc) is 2.14. The van der Waals surface area contributed by atoms with Crippen LogP contribution in [0.1, 0.15) is 27.7 Å². The summed E-state index contributed by atoms with van der Waals surface area (Å²) in [5.74, 6) is 1.17. The zero-order chi connectivity index (χ0) is 11.5. The Morgan fingerprint density at radius 3 is 1.40 bits per heavy atom. The lowest BCUT2D eigenvalue weighted by molar-refractivity contribution is 0.403. The smallest absolute Gasteiger partial charge is 0.0901 e. The molecule has 0 aromatic heterocycles. The van der Waals surface area contributed by atoms with Crippen molar-refractivity contribution in [1.82, 2.24) is 0 Å². The minimum Gasteiger partial charge on any atom is -0.473 e. The summed E-state index contributed by atoms with van der Waals surface area (Å²) in [7, 11) is 0. The Morgan fingerprint density at radius 1 is 0.667 bits per heavy atom. The molecule has 0 fully saturated rings. The van der Waals surface area contributed by atoms with Crippen LogP contribution in [0.15, 0.2) is 49.0 Å². The molecule has 1 heteroatoms. The second kappa shape index (κ2) is 9.32. The van der Waals surface area contributed by atoms with E-state index in [0.29, 0.717) is 11.8 Å². The predicted molar refractivity (Wildman–Crippen MR) is 67.3 cm³/mol. The van der Waals surface area contributed by atoms with Crippen LogP contribution < -0.4 is 0 Å². The molecule has 0 spiro atoms. The third-order valence-corrected chi connectivity index (χ3v) is 1.53. The standard InChI is InChI=1S/C14H22O/c1-13(2)9-5-7-11-15-12-8-6-10-14(3)4/h5-14H,1-4H3. The first-order valence-electron chi connectivity index (χ1n) is 5.45. The molecule has 0 amide bonds. The van der Waals surface area contributed by atoms with E-state index in [1.54, 1.807) is 12.5 Å². The van der Waals surface area contributed by atoms with Gasteiger partial charge in [-0.1, -0.05) is 52.0 Å². The van der Waals surface area contributed by atoms with Gasteiger partial charge in [-0.3, -0.25) is 0 Å². The van der Waals surface area contributed by atoms with Gasteiger partial charge in [0.25, 0.3) is 0 Å². The molecule has 0 unspecified atom stereocenters. The van der Waals surface area contributed by atoms with Gasteiger partial charge in [-0.15, -0.1) is 0 Å². The van der Waals surface area contributed by atoms with Crippen molar-refractivity contribution in [2.75, 3.05) is 0 Å². The molecule has 0 atom stereocenters. The molecule has 0 saturated heterocycles. The quantitative estimate of drug-likeness (QED) is 0.460. The maximum atomic E-state index is 5.13. The monoisotopic (exact) mass is 206 g/mol. The molecule has 0 rings (SSSR count). The third-order valence-electron chi connectivity index (χ3n) is 1.53. The van der Waals surface area contributed by atoms with Crippen LogP contribution in [0.5, 0.6) is 0 Å². The van der Waals surface area contributed by atoms with Crippen molar-refractivity contribution < 1.29 is 4.74 Å². The highest BCUT2D eigenvalue weighted by molar-refractivity contribution is 5.03. The van der Waals surface area contributed by atoms with E-state index in [4.69, 9.17) is 4.74 Å². The van der Waals surface area contributed by atoms with E-state index in [9.17, 15) is 0 Å². The Hall–Kier alpha value is -1.24. The number of hydrogen-bond acceptors (Lipinski definition) is 1. The highest BCUT2D eigenvalue weighted by Crippen LogP contribution is 1.95. The summed E-state index contributed by atoms with van der Waals surface area (Å²) in [5, 5.41) is 0. The molecule has 1 nitrogen and oxygen atoms in total. The van der Waals surface area contributed by atoms with Gasteiger partial charge in [0.15, 0.2) is 0 Å². The molecule has 0 N–H and O–H groups in total. The van der Waals surface area contributed by atoms with Crippen LogP contribution in [0, 0.1) is 11.8 Å². The van der Waals surface area contributed by atoms with E-state index in [-0.39, 0.29) is 0 Å². The number of hydrogen-bond donors (Lipinski definition) is 0. The average molecular weight is 206 g/mol. The Morgan fingerprint density at radius 2 is 1.07 bits per heavy atom. The molecule has 0 saturated carbocycles. The van der Waals surface area contributed by atoms with Crippen molar-refractivity contribution in [3.05, 3.63) is 49.0 Å². The summed E-state index contributed by atoms with van der Waals surface area (Å²) in [6, 6.07) is 0. The Balaban J connectivity index is 3.61. The van der Waals surface area contributed by atoms with Gasteiger partial charge >= 0.3 is 0 Å². The molecule has 0 radical (unpaired) electrons. The minimum atomic E-state index is 0.583. The lowest BCUT2D eigenvalue weighted by atomic mass is 10.2. The first-order chi connectivity index (χ1) is 7.13. The van der Waals surface area contributed by atoms with Gasteiger partial charge < -0.3 is 4.74 Å². The molecular weight excluding hydrogens is 184 g/mol. The Bertz CT molecular complexity index is 216. The van der Waals surface area contributed by atoms with Crippen LogP contribution in [0.3, 0.4) is 0 Å². The van der Waals surface area contributed by atoms with Gasteiger partial charge in [0.2, 0.25) is 0 Å². The van der Waals surface area contributed by atoms with E-state index >= 15 is 0 Å². The van der Waals surface area contributed by atoms with Crippen LogP contribution in [0.2, 0.25) is 0 Å². The lowest BCUT2D eigenvalue weighted by Gasteiger charge is -1.90. The van der Waals surface area contributed by atoms with E-state index in [2.05, 4.69) is 39.8 Å². The zero-order valence-electron chi connectivity index (χ0n) is 10.2. The van der Waals surface area contributed by atoms with Crippen molar-refractivity contribution in [2.45, 2.75) is 27.7 Å². The van der Waals surface area contributed by atoms with Crippen molar-refractivity contribution in [2.24, 2.45) is 11.8 Å². The van der Waals surface area contributed by atoms with Crippen molar-refractivity contribution in [3.63, 3.8) is 0 Å². The molecule has 0 bridgehead atoms. The van der Waals surface area contributed by atoms with Gasteiger partial charge in [-0.05, 0) is 24.0 Å². The highest BCUT2D eigenvalue weighted by atomic mass is 16.5. The lowest BCUT2D eigenvalue weighted by Crippen LogP contribution is -1.75. The van der Waals surface area contributed by atoms with E-state index in [1.807, 2.05) is 24.3 Å². The highest BCUT2D eigenvalue weighted by Gasteiger charge is 1.80. The van der Waals surface area contributed by atoms with Crippen LogP contribution in [-0.2, 0) is 4.74 Å². The predicted octanol–water partition coefficient (Wildman–Crippen LogP) is 4.45. The third kappa shape index (κ3) is 12.8. The Kier molecular flexibility index (Phi) is 8.55. The largest absolute Gasteiger partial charge is 0.473 e. The molecular formula is C14H22O. The summed E-state index contributed by atoms with van der Waals surface area (Å²) in [4.78, 5) is 0. The normalized spacial score (nSPS) is 13.5. The molecule has 15 heavy (non-hydrogen) atoms. The molecule has 0 aromatic rings. The van der Waals surface area contributed by atoms with Crippen molar-refractivity contribution in [1.29, 1.82) is 0 Å². The van der Waals surface area contributed by atoms with Crippen LogP contribution >= 0.6 is 0 Å². The molecule has 0 aromatic carbocycles. The summed E-state index contributed by atoms with van der Waals surface area (Å²) < 4.78 is 5.13. The fourth-order valence-corrected chi connectivity index (χ4v) is 0.800. The van der Waals surface area contributed by atoms with Gasteiger partial charge in [0.1, 0.15) is 0 Å². The van der Waals surface area contributed by atoms with E-state index in [0.717, 1.165) is 0 Å².